The van der Waals surface area contributed by atoms with Gasteiger partial charge in [0, 0.05) is 36.9 Å². The van der Waals surface area contributed by atoms with Gasteiger partial charge in [-0.05, 0) is 25.8 Å². The van der Waals surface area contributed by atoms with Crippen LogP contribution in [0, 0.1) is 13.8 Å². The molecule has 0 saturated heterocycles. The van der Waals surface area contributed by atoms with Crippen molar-refractivity contribution in [3.63, 3.8) is 0 Å². The first-order valence-corrected chi connectivity index (χ1v) is 10.4. The van der Waals surface area contributed by atoms with Crippen molar-refractivity contribution in [2.24, 2.45) is 0 Å². The van der Waals surface area contributed by atoms with Crippen molar-refractivity contribution in [3.05, 3.63) is 50.9 Å². The smallest absolute Gasteiger partial charge is 0.305 e. The maximum atomic E-state index is 13.5. The second-order valence-electron chi connectivity index (χ2n) is 6.99. The topological polar surface area (TPSA) is 70.4 Å². The lowest BCUT2D eigenvalue weighted by molar-refractivity contribution is -0.140. The van der Waals surface area contributed by atoms with E-state index in [0.717, 1.165) is 20.8 Å². The van der Waals surface area contributed by atoms with Crippen LogP contribution in [0.2, 0.25) is 0 Å². The van der Waals surface area contributed by atoms with Crippen molar-refractivity contribution in [3.8, 4) is 11.1 Å². The second kappa shape index (κ2) is 9.33. The Bertz CT molecular complexity index is 1070. The average Bonchev–Trinajstić information content (AvgIpc) is 3.04. The van der Waals surface area contributed by atoms with E-state index in [2.05, 4.69) is 0 Å². The molecule has 0 amide bonds. The molecule has 0 bridgehead atoms. The molecule has 1 aromatic carbocycles. The summed E-state index contributed by atoms with van der Waals surface area (Å²) in [7, 11) is 3.00. The Kier molecular flexibility index (Phi) is 6.82. The summed E-state index contributed by atoms with van der Waals surface area (Å²) in [6.45, 7) is 4.96. The molecule has 0 fully saturated rings. The van der Waals surface area contributed by atoms with Crippen LogP contribution in [0.15, 0.2) is 29.1 Å². The van der Waals surface area contributed by atoms with Crippen molar-refractivity contribution < 1.29 is 14.3 Å². The molecule has 0 aliphatic carbocycles. The summed E-state index contributed by atoms with van der Waals surface area (Å²) >= 11 is 1.54. The number of aromatic nitrogens is 2. The number of carbonyl (C=O) groups excluding carboxylic acids is 1. The van der Waals surface area contributed by atoms with E-state index >= 15 is 0 Å². The van der Waals surface area contributed by atoms with Gasteiger partial charge in [-0.25, -0.2) is 4.98 Å². The Balaban J connectivity index is 2.12. The van der Waals surface area contributed by atoms with Gasteiger partial charge in [-0.2, -0.15) is 0 Å². The van der Waals surface area contributed by atoms with Crippen LogP contribution in [-0.2, 0) is 27.2 Å². The normalized spacial score (nSPS) is 11.2. The van der Waals surface area contributed by atoms with Crippen molar-refractivity contribution in [2.45, 2.75) is 39.7 Å². The minimum Gasteiger partial charge on any atom is -0.469 e. The van der Waals surface area contributed by atoms with Crippen LogP contribution >= 0.6 is 11.3 Å². The molecule has 0 aliphatic heterocycles. The number of aryl methyl sites for hydroxylation is 2. The quantitative estimate of drug-likeness (QED) is 0.523. The van der Waals surface area contributed by atoms with Gasteiger partial charge in [-0.1, -0.05) is 29.8 Å². The Labute approximate surface area is 174 Å². The molecular weight excluding hydrogens is 388 g/mol. The molecule has 0 aliphatic rings. The van der Waals surface area contributed by atoms with Crippen LogP contribution < -0.4 is 5.56 Å². The molecule has 3 rings (SSSR count). The summed E-state index contributed by atoms with van der Waals surface area (Å²) in [5.74, 6) is 0.406. The van der Waals surface area contributed by atoms with E-state index in [0.29, 0.717) is 37.2 Å². The Morgan fingerprint density at radius 1 is 1.17 bits per heavy atom. The maximum Gasteiger partial charge on any atom is 0.305 e. The average molecular weight is 415 g/mol. The lowest BCUT2D eigenvalue weighted by atomic mass is 10.0. The summed E-state index contributed by atoms with van der Waals surface area (Å²) in [5.41, 5.74) is 3.07. The number of hydrogen-bond donors (Lipinski definition) is 0. The first-order valence-electron chi connectivity index (χ1n) is 9.61. The minimum atomic E-state index is -0.280. The van der Waals surface area contributed by atoms with Gasteiger partial charge in [0.15, 0.2) is 0 Å². The fourth-order valence-corrected chi connectivity index (χ4v) is 4.46. The lowest BCUT2D eigenvalue weighted by Gasteiger charge is -2.13. The zero-order chi connectivity index (χ0) is 21.0. The SMILES string of the molecule is COCCc1nc2sc(C)c(-c3ccc(C)cc3)c2c(=O)n1CCCC(=O)OC. The fourth-order valence-electron chi connectivity index (χ4n) is 3.40. The first kappa shape index (κ1) is 21.2. The highest BCUT2D eigenvalue weighted by Gasteiger charge is 2.19. The Morgan fingerprint density at radius 3 is 2.55 bits per heavy atom. The van der Waals surface area contributed by atoms with Crippen molar-refractivity contribution >= 4 is 27.5 Å². The lowest BCUT2D eigenvalue weighted by Crippen LogP contribution is -2.26. The summed E-state index contributed by atoms with van der Waals surface area (Å²) < 4.78 is 11.6. The monoisotopic (exact) mass is 414 g/mol. The van der Waals surface area contributed by atoms with E-state index in [1.165, 1.54) is 12.7 Å². The highest BCUT2D eigenvalue weighted by Crippen LogP contribution is 2.35. The third-order valence-corrected chi connectivity index (χ3v) is 5.93. The van der Waals surface area contributed by atoms with Gasteiger partial charge in [-0.3, -0.25) is 14.2 Å². The Morgan fingerprint density at radius 2 is 1.90 bits per heavy atom. The molecule has 6 nitrogen and oxygen atoms in total. The van der Waals surface area contributed by atoms with Crippen molar-refractivity contribution in [1.29, 1.82) is 0 Å². The van der Waals surface area contributed by atoms with E-state index in [9.17, 15) is 9.59 Å². The molecular formula is C22H26N2O4S. The molecule has 0 radical (unpaired) electrons. The molecule has 0 unspecified atom stereocenters. The highest BCUT2D eigenvalue weighted by molar-refractivity contribution is 7.19. The van der Waals surface area contributed by atoms with E-state index in [-0.39, 0.29) is 17.9 Å². The van der Waals surface area contributed by atoms with Gasteiger partial charge in [0.05, 0.1) is 19.1 Å². The van der Waals surface area contributed by atoms with Crippen LogP contribution in [0.1, 0.15) is 29.1 Å². The van der Waals surface area contributed by atoms with E-state index in [1.807, 2.05) is 38.1 Å². The molecule has 29 heavy (non-hydrogen) atoms. The van der Waals surface area contributed by atoms with E-state index < -0.39 is 0 Å². The predicted octanol–water partition coefficient (Wildman–Crippen LogP) is 3.88. The van der Waals surface area contributed by atoms with Gasteiger partial charge in [0.1, 0.15) is 10.7 Å². The molecule has 154 valence electrons. The van der Waals surface area contributed by atoms with Crippen LogP contribution in [-0.4, -0.2) is 36.3 Å². The van der Waals surface area contributed by atoms with Gasteiger partial charge in [0.2, 0.25) is 0 Å². The van der Waals surface area contributed by atoms with Crippen LogP contribution in [0.25, 0.3) is 21.3 Å². The number of carbonyl (C=O) groups is 1. The third kappa shape index (κ3) is 4.57. The van der Waals surface area contributed by atoms with Crippen molar-refractivity contribution in [2.75, 3.05) is 20.8 Å². The molecule has 3 aromatic rings. The molecule has 0 spiro atoms. The minimum absolute atomic E-state index is 0.0640. The highest BCUT2D eigenvalue weighted by atomic mass is 32.1. The number of fused-ring (bicyclic) bond motifs is 1. The van der Waals surface area contributed by atoms with Crippen LogP contribution in [0.5, 0.6) is 0 Å². The van der Waals surface area contributed by atoms with E-state index in [4.69, 9.17) is 14.5 Å². The molecule has 0 N–H and O–H groups in total. The predicted molar refractivity (Wildman–Crippen MR) is 116 cm³/mol. The summed E-state index contributed by atoms with van der Waals surface area (Å²) in [4.78, 5) is 31.6. The maximum absolute atomic E-state index is 13.5. The number of ether oxygens (including phenoxy) is 2. The number of thiophene rings is 1. The zero-order valence-electron chi connectivity index (χ0n) is 17.3. The van der Waals surface area contributed by atoms with Crippen LogP contribution in [0.4, 0.5) is 0 Å². The molecule has 0 saturated carbocycles. The zero-order valence-corrected chi connectivity index (χ0v) is 18.1. The summed E-state index contributed by atoms with van der Waals surface area (Å²) in [6, 6.07) is 8.19. The largest absolute Gasteiger partial charge is 0.469 e. The third-order valence-electron chi connectivity index (χ3n) is 4.93. The Hall–Kier alpha value is -2.51. The second-order valence-corrected chi connectivity index (χ2v) is 8.19. The standard InChI is InChI=1S/C22H26N2O4S/c1-14-7-9-16(10-8-14)19-15(2)29-21-20(19)22(26)24(12-5-6-18(25)28-4)17(23-21)11-13-27-3/h7-10H,5-6,11-13H2,1-4H3. The van der Waals surface area contributed by atoms with Crippen molar-refractivity contribution in [1.82, 2.24) is 9.55 Å². The molecule has 7 heteroatoms. The van der Waals surface area contributed by atoms with Gasteiger partial charge < -0.3 is 9.47 Å². The number of nitrogens with zero attached hydrogens (tertiary/aromatic N) is 2. The fraction of sp³-hybridized carbons (Fsp3) is 0.409. The molecule has 0 atom stereocenters. The first-order chi connectivity index (χ1) is 14.0. The number of esters is 1. The number of hydrogen-bond acceptors (Lipinski definition) is 6. The number of methoxy groups -OCH3 is 2. The molecule has 2 aromatic heterocycles. The number of rotatable bonds is 8. The van der Waals surface area contributed by atoms with Gasteiger partial charge in [0.25, 0.3) is 5.56 Å². The summed E-state index contributed by atoms with van der Waals surface area (Å²) in [5, 5.41) is 0.649. The number of benzene rings is 1. The summed E-state index contributed by atoms with van der Waals surface area (Å²) in [6.07, 6.45) is 1.32. The van der Waals surface area contributed by atoms with Gasteiger partial charge in [-0.15, -0.1) is 11.3 Å². The van der Waals surface area contributed by atoms with E-state index in [1.54, 1.807) is 23.0 Å². The molecule has 2 heterocycles. The van der Waals surface area contributed by atoms with Gasteiger partial charge >= 0.3 is 5.97 Å². The van der Waals surface area contributed by atoms with Crippen LogP contribution in [0.3, 0.4) is 0 Å².